The monoisotopic (exact) mass is 289 g/mol. The minimum atomic E-state index is -0.127. The summed E-state index contributed by atoms with van der Waals surface area (Å²) in [6.07, 6.45) is 0. The molecule has 0 radical (unpaired) electrons. The summed E-state index contributed by atoms with van der Waals surface area (Å²) in [5.41, 5.74) is 2.65. The average molecular weight is 289 g/mol. The molecule has 2 aromatic rings. The molecule has 0 aliphatic rings. The van der Waals surface area contributed by atoms with Crippen molar-refractivity contribution in [2.45, 2.75) is 26.7 Å². The Bertz CT molecular complexity index is 575. The van der Waals surface area contributed by atoms with Gasteiger partial charge in [-0.15, -0.1) is 11.3 Å². The number of rotatable bonds is 5. The second-order valence-corrected chi connectivity index (χ2v) is 5.65. The van der Waals surface area contributed by atoms with Crippen LogP contribution in [0.3, 0.4) is 0 Å². The molecule has 106 valence electrons. The standard InChI is InChI=1S/C15H19N3OS/c1-4-16-12-7-5-11(6-8-12)14(19)18-15-17-13(9-20-15)10(2)3/h5-10,16H,4H2,1-3H3,(H,17,18,19). The zero-order valence-corrected chi connectivity index (χ0v) is 12.8. The molecule has 1 aromatic carbocycles. The smallest absolute Gasteiger partial charge is 0.257 e. The van der Waals surface area contributed by atoms with Crippen LogP contribution in [0.4, 0.5) is 10.8 Å². The first-order valence-corrected chi connectivity index (χ1v) is 7.58. The fourth-order valence-electron chi connectivity index (χ4n) is 1.72. The van der Waals surface area contributed by atoms with E-state index in [4.69, 9.17) is 0 Å². The van der Waals surface area contributed by atoms with Gasteiger partial charge in [-0.2, -0.15) is 0 Å². The topological polar surface area (TPSA) is 54.0 Å². The summed E-state index contributed by atoms with van der Waals surface area (Å²) >= 11 is 1.46. The lowest BCUT2D eigenvalue weighted by atomic mass is 10.2. The number of carbonyl (C=O) groups is 1. The molecular formula is C15H19N3OS. The van der Waals surface area contributed by atoms with Gasteiger partial charge in [0.2, 0.25) is 0 Å². The summed E-state index contributed by atoms with van der Waals surface area (Å²) in [5.74, 6) is 0.244. The van der Waals surface area contributed by atoms with E-state index >= 15 is 0 Å². The third-order valence-electron chi connectivity index (χ3n) is 2.86. The van der Waals surface area contributed by atoms with Crippen LogP contribution < -0.4 is 10.6 Å². The molecule has 1 aromatic heterocycles. The maximum atomic E-state index is 12.1. The van der Waals surface area contributed by atoms with Crippen LogP contribution in [0.25, 0.3) is 0 Å². The second-order valence-electron chi connectivity index (χ2n) is 4.79. The molecule has 2 N–H and O–H groups in total. The van der Waals surface area contributed by atoms with E-state index in [-0.39, 0.29) is 5.91 Å². The maximum Gasteiger partial charge on any atom is 0.257 e. The number of amides is 1. The summed E-state index contributed by atoms with van der Waals surface area (Å²) in [5, 5.41) is 8.66. The van der Waals surface area contributed by atoms with Crippen LogP contribution >= 0.6 is 11.3 Å². The van der Waals surface area contributed by atoms with Crippen molar-refractivity contribution < 1.29 is 4.79 Å². The summed E-state index contributed by atoms with van der Waals surface area (Å²) in [4.78, 5) is 16.5. The molecule has 20 heavy (non-hydrogen) atoms. The zero-order chi connectivity index (χ0) is 14.5. The Labute approximate surface area is 123 Å². The quantitative estimate of drug-likeness (QED) is 0.876. The number of hydrogen-bond donors (Lipinski definition) is 2. The number of hydrogen-bond acceptors (Lipinski definition) is 4. The third kappa shape index (κ3) is 3.57. The van der Waals surface area contributed by atoms with Gasteiger partial charge in [0, 0.05) is 23.2 Å². The largest absolute Gasteiger partial charge is 0.385 e. The summed E-state index contributed by atoms with van der Waals surface area (Å²) in [7, 11) is 0. The minimum Gasteiger partial charge on any atom is -0.385 e. The van der Waals surface area contributed by atoms with Gasteiger partial charge in [-0.05, 0) is 37.1 Å². The van der Waals surface area contributed by atoms with Gasteiger partial charge in [0.1, 0.15) is 0 Å². The van der Waals surface area contributed by atoms with Gasteiger partial charge in [-0.25, -0.2) is 4.98 Å². The molecule has 0 saturated carbocycles. The van der Waals surface area contributed by atoms with Crippen LogP contribution in [0, 0.1) is 0 Å². The lowest BCUT2D eigenvalue weighted by Gasteiger charge is -2.05. The van der Waals surface area contributed by atoms with Crippen LogP contribution in [0.15, 0.2) is 29.6 Å². The van der Waals surface area contributed by atoms with Gasteiger partial charge in [0.15, 0.2) is 5.13 Å². The molecule has 0 saturated heterocycles. The molecule has 0 bridgehead atoms. The highest BCUT2D eigenvalue weighted by Crippen LogP contribution is 2.22. The normalized spacial score (nSPS) is 10.6. The van der Waals surface area contributed by atoms with Crippen LogP contribution in [-0.2, 0) is 0 Å². The van der Waals surface area contributed by atoms with Crippen molar-refractivity contribution in [3.05, 3.63) is 40.9 Å². The number of carbonyl (C=O) groups excluding carboxylic acids is 1. The number of anilines is 2. The minimum absolute atomic E-state index is 0.127. The number of nitrogens with one attached hydrogen (secondary N) is 2. The second kappa shape index (κ2) is 6.52. The van der Waals surface area contributed by atoms with Crippen LogP contribution in [0.2, 0.25) is 0 Å². The Balaban J connectivity index is 2.03. The molecule has 0 aliphatic heterocycles. The maximum absolute atomic E-state index is 12.1. The summed E-state index contributed by atoms with van der Waals surface area (Å²) < 4.78 is 0. The lowest BCUT2D eigenvalue weighted by molar-refractivity contribution is 0.102. The molecular weight excluding hydrogens is 270 g/mol. The predicted molar refractivity (Wildman–Crippen MR) is 84.8 cm³/mol. The Kier molecular flexibility index (Phi) is 4.74. The van der Waals surface area contributed by atoms with Crippen LogP contribution in [0.5, 0.6) is 0 Å². The van der Waals surface area contributed by atoms with Gasteiger partial charge in [-0.1, -0.05) is 13.8 Å². The predicted octanol–water partition coefficient (Wildman–Crippen LogP) is 3.95. The fraction of sp³-hybridized carbons (Fsp3) is 0.333. The van der Waals surface area contributed by atoms with Gasteiger partial charge >= 0.3 is 0 Å². The highest BCUT2D eigenvalue weighted by molar-refractivity contribution is 7.14. The van der Waals surface area contributed by atoms with E-state index < -0.39 is 0 Å². The molecule has 0 atom stereocenters. The van der Waals surface area contributed by atoms with Crippen molar-refractivity contribution in [2.24, 2.45) is 0 Å². The molecule has 0 fully saturated rings. The third-order valence-corrected chi connectivity index (χ3v) is 3.64. The van der Waals surface area contributed by atoms with Crippen molar-refractivity contribution in [1.29, 1.82) is 0 Å². The molecule has 1 amide bonds. The van der Waals surface area contributed by atoms with Crippen molar-refractivity contribution in [3.8, 4) is 0 Å². The van der Waals surface area contributed by atoms with Crippen molar-refractivity contribution in [2.75, 3.05) is 17.2 Å². The van der Waals surface area contributed by atoms with Gasteiger partial charge in [0.05, 0.1) is 5.69 Å². The molecule has 4 nitrogen and oxygen atoms in total. The van der Waals surface area contributed by atoms with E-state index in [2.05, 4.69) is 29.5 Å². The lowest BCUT2D eigenvalue weighted by Crippen LogP contribution is -2.11. The Morgan fingerprint density at radius 1 is 1.30 bits per heavy atom. The van der Waals surface area contributed by atoms with Gasteiger partial charge in [-0.3, -0.25) is 10.1 Å². The molecule has 5 heteroatoms. The first-order valence-electron chi connectivity index (χ1n) is 6.71. The summed E-state index contributed by atoms with van der Waals surface area (Å²) in [6, 6.07) is 7.42. The molecule has 2 rings (SSSR count). The van der Waals surface area contributed by atoms with E-state index in [0.717, 1.165) is 17.9 Å². The van der Waals surface area contributed by atoms with Gasteiger partial charge < -0.3 is 5.32 Å². The molecule has 0 unspecified atom stereocenters. The van der Waals surface area contributed by atoms with E-state index in [1.54, 1.807) is 0 Å². The highest BCUT2D eigenvalue weighted by Gasteiger charge is 2.10. The number of aromatic nitrogens is 1. The van der Waals surface area contributed by atoms with E-state index in [9.17, 15) is 4.79 Å². The van der Waals surface area contributed by atoms with Crippen molar-refractivity contribution in [1.82, 2.24) is 4.98 Å². The van der Waals surface area contributed by atoms with E-state index in [0.29, 0.717) is 16.6 Å². The molecule has 0 aliphatic carbocycles. The number of thiazole rings is 1. The first-order chi connectivity index (χ1) is 9.60. The summed E-state index contributed by atoms with van der Waals surface area (Å²) in [6.45, 7) is 7.07. The highest BCUT2D eigenvalue weighted by atomic mass is 32.1. The molecule has 1 heterocycles. The Hall–Kier alpha value is -1.88. The van der Waals surface area contributed by atoms with Crippen molar-refractivity contribution in [3.63, 3.8) is 0 Å². The Morgan fingerprint density at radius 2 is 2.00 bits per heavy atom. The van der Waals surface area contributed by atoms with Gasteiger partial charge in [0.25, 0.3) is 5.91 Å². The number of benzene rings is 1. The average Bonchev–Trinajstić information content (AvgIpc) is 2.88. The molecule has 0 spiro atoms. The Morgan fingerprint density at radius 3 is 2.55 bits per heavy atom. The first kappa shape index (κ1) is 14.5. The van der Waals surface area contributed by atoms with Crippen LogP contribution in [0.1, 0.15) is 42.7 Å². The zero-order valence-electron chi connectivity index (χ0n) is 11.9. The van der Waals surface area contributed by atoms with Crippen molar-refractivity contribution >= 4 is 28.1 Å². The van der Waals surface area contributed by atoms with Crippen LogP contribution in [-0.4, -0.2) is 17.4 Å². The number of nitrogens with zero attached hydrogens (tertiary/aromatic N) is 1. The van der Waals surface area contributed by atoms with E-state index in [1.807, 2.05) is 36.6 Å². The fourth-order valence-corrected chi connectivity index (χ4v) is 2.59. The van der Waals surface area contributed by atoms with E-state index in [1.165, 1.54) is 11.3 Å². The SMILES string of the molecule is CCNc1ccc(C(=O)Nc2nc(C(C)C)cs2)cc1.